The lowest BCUT2D eigenvalue weighted by Crippen LogP contribution is -2.05. The molecule has 0 saturated heterocycles. The van der Waals surface area contributed by atoms with E-state index < -0.39 is 11.8 Å². The van der Waals surface area contributed by atoms with Gasteiger partial charge in [-0.15, -0.1) is 0 Å². The lowest BCUT2D eigenvalue weighted by molar-refractivity contribution is 0.0600. The maximum Gasteiger partial charge on any atom is 0.337 e. The van der Waals surface area contributed by atoms with Gasteiger partial charge < -0.3 is 10.1 Å². The Kier molecular flexibility index (Phi) is 4.58. The molecule has 0 bridgehead atoms. The Morgan fingerprint density at radius 2 is 1.95 bits per heavy atom. The average Bonchev–Trinajstić information content (AvgIpc) is 2.47. The van der Waals surface area contributed by atoms with Crippen molar-refractivity contribution in [3.05, 3.63) is 64.4 Å². The van der Waals surface area contributed by atoms with Crippen molar-refractivity contribution in [1.29, 1.82) is 0 Å². The van der Waals surface area contributed by atoms with Crippen molar-refractivity contribution in [2.75, 3.05) is 12.4 Å². The van der Waals surface area contributed by atoms with Crippen molar-refractivity contribution in [3.63, 3.8) is 0 Å². The summed E-state index contributed by atoms with van der Waals surface area (Å²) in [5.41, 5.74) is 1.51. The summed E-state index contributed by atoms with van der Waals surface area (Å²) >= 11 is 5.79. The minimum atomic E-state index is -0.500. The highest BCUT2D eigenvalue weighted by Gasteiger charge is 2.09. The molecule has 0 aliphatic heterocycles. The molecule has 0 saturated carbocycles. The van der Waals surface area contributed by atoms with Gasteiger partial charge in [-0.3, -0.25) is 0 Å². The van der Waals surface area contributed by atoms with E-state index in [4.69, 9.17) is 11.6 Å². The fourth-order valence-electron chi connectivity index (χ4n) is 1.71. The predicted molar refractivity (Wildman–Crippen MR) is 76.5 cm³/mol. The Balaban J connectivity index is 2.12. The predicted octanol–water partition coefficient (Wildman–Crippen LogP) is 3.88. The van der Waals surface area contributed by atoms with Gasteiger partial charge in [0.2, 0.25) is 0 Å². The number of esters is 1. The first-order valence-electron chi connectivity index (χ1n) is 5.96. The van der Waals surface area contributed by atoms with Crippen molar-refractivity contribution in [2.24, 2.45) is 0 Å². The molecule has 0 unspecified atom stereocenters. The number of carbonyl (C=O) groups is 1. The van der Waals surface area contributed by atoms with Crippen LogP contribution in [-0.2, 0) is 11.3 Å². The Bertz CT molecular complexity index is 614. The molecule has 0 heterocycles. The zero-order chi connectivity index (χ0) is 14.5. The zero-order valence-corrected chi connectivity index (χ0v) is 11.6. The summed E-state index contributed by atoms with van der Waals surface area (Å²) in [5.74, 6) is -0.925. The summed E-state index contributed by atoms with van der Waals surface area (Å²) in [4.78, 5) is 11.4. The molecular weight excluding hydrogens is 281 g/mol. The Morgan fingerprint density at radius 3 is 2.60 bits per heavy atom. The first-order valence-corrected chi connectivity index (χ1v) is 6.34. The normalized spacial score (nSPS) is 10.2. The van der Waals surface area contributed by atoms with E-state index in [1.807, 2.05) is 12.1 Å². The molecule has 5 heteroatoms. The van der Waals surface area contributed by atoms with E-state index in [-0.39, 0.29) is 5.69 Å². The number of ether oxygens (including phenoxy) is 1. The third-order valence-corrected chi connectivity index (χ3v) is 3.04. The SMILES string of the molecule is COC(=O)c1ccc(F)c(NCc2ccc(Cl)cc2)c1. The van der Waals surface area contributed by atoms with E-state index in [2.05, 4.69) is 10.1 Å². The third-order valence-electron chi connectivity index (χ3n) is 2.78. The van der Waals surface area contributed by atoms with E-state index in [9.17, 15) is 9.18 Å². The van der Waals surface area contributed by atoms with Gasteiger partial charge in [0.25, 0.3) is 0 Å². The van der Waals surface area contributed by atoms with Crippen LogP contribution in [-0.4, -0.2) is 13.1 Å². The lowest BCUT2D eigenvalue weighted by atomic mass is 10.1. The maximum absolute atomic E-state index is 13.7. The van der Waals surface area contributed by atoms with Crippen molar-refractivity contribution >= 4 is 23.3 Å². The summed E-state index contributed by atoms with van der Waals surface area (Å²) in [5, 5.41) is 3.59. The van der Waals surface area contributed by atoms with Crippen molar-refractivity contribution in [1.82, 2.24) is 0 Å². The molecule has 0 aliphatic rings. The second-order valence-corrected chi connectivity index (χ2v) is 4.60. The molecule has 2 aromatic carbocycles. The maximum atomic E-state index is 13.7. The number of methoxy groups -OCH3 is 1. The molecule has 0 aliphatic carbocycles. The number of benzene rings is 2. The number of halogens is 2. The zero-order valence-electron chi connectivity index (χ0n) is 10.8. The van der Waals surface area contributed by atoms with Crippen LogP contribution in [0.4, 0.5) is 10.1 Å². The molecule has 104 valence electrons. The Labute approximate surface area is 121 Å². The van der Waals surface area contributed by atoms with Crippen LogP contribution in [0.2, 0.25) is 5.02 Å². The molecular formula is C15H13ClFNO2. The van der Waals surface area contributed by atoms with Crippen LogP contribution in [0, 0.1) is 5.82 Å². The van der Waals surface area contributed by atoms with Crippen molar-refractivity contribution < 1.29 is 13.9 Å². The van der Waals surface area contributed by atoms with Crippen molar-refractivity contribution in [3.8, 4) is 0 Å². The van der Waals surface area contributed by atoms with Crippen LogP contribution in [0.15, 0.2) is 42.5 Å². The number of carbonyl (C=O) groups excluding carboxylic acids is 1. The van der Waals surface area contributed by atoms with E-state index >= 15 is 0 Å². The summed E-state index contributed by atoms with van der Waals surface area (Å²) < 4.78 is 18.3. The van der Waals surface area contributed by atoms with Gasteiger partial charge in [-0.25, -0.2) is 9.18 Å². The van der Waals surface area contributed by atoms with E-state index in [0.717, 1.165) is 5.56 Å². The van der Waals surface area contributed by atoms with Crippen LogP contribution in [0.1, 0.15) is 15.9 Å². The Hall–Kier alpha value is -2.07. The largest absolute Gasteiger partial charge is 0.465 e. The van der Waals surface area contributed by atoms with Gasteiger partial charge in [0.1, 0.15) is 5.82 Å². The van der Waals surface area contributed by atoms with Gasteiger partial charge in [0.05, 0.1) is 18.4 Å². The third kappa shape index (κ3) is 3.48. The number of rotatable bonds is 4. The number of nitrogens with one attached hydrogen (secondary N) is 1. The summed E-state index contributed by atoms with van der Waals surface area (Å²) in [6, 6.07) is 11.3. The van der Waals surface area contributed by atoms with Gasteiger partial charge in [0.15, 0.2) is 0 Å². The molecule has 0 radical (unpaired) electrons. The first-order chi connectivity index (χ1) is 9.60. The highest BCUT2D eigenvalue weighted by atomic mass is 35.5. The van der Waals surface area contributed by atoms with Gasteiger partial charge in [-0.2, -0.15) is 0 Å². The second kappa shape index (κ2) is 6.39. The summed E-state index contributed by atoms with van der Waals surface area (Å²) in [6.07, 6.45) is 0. The molecule has 2 rings (SSSR count). The highest BCUT2D eigenvalue weighted by Crippen LogP contribution is 2.18. The topological polar surface area (TPSA) is 38.3 Å². The minimum absolute atomic E-state index is 0.253. The summed E-state index contributed by atoms with van der Waals surface area (Å²) in [7, 11) is 1.28. The number of anilines is 1. The molecule has 0 amide bonds. The van der Waals surface area contributed by atoms with Crippen LogP contribution in [0.25, 0.3) is 0 Å². The van der Waals surface area contributed by atoms with Crippen LogP contribution in [0.3, 0.4) is 0 Å². The average molecular weight is 294 g/mol. The molecule has 0 aromatic heterocycles. The monoisotopic (exact) mass is 293 g/mol. The van der Waals surface area contributed by atoms with E-state index in [1.54, 1.807) is 12.1 Å². The molecule has 20 heavy (non-hydrogen) atoms. The van der Waals surface area contributed by atoms with Gasteiger partial charge in [-0.05, 0) is 35.9 Å². The van der Waals surface area contributed by atoms with Crippen LogP contribution in [0.5, 0.6) is 0 Å². The number of hydrogen-bond acceptors (Lipinski definition) is 3. The number of hydrogen-bond donors (Lipinski definition) is 1. The Morgan fingerprint density at radius 1 is 1.25 bits per heavy atom. The van der Waals surface area contributed by atoms with Crippen LogP contribution < -0.4 is 5.32 Å². The highest BCUT2D eigenvalue weighted by molar-refractivity contribution is 6.30. The smallest absolute Gasteiger partial charge is 0.337 e. The quantitative estimate of drug-likeness (QED) is 0.870. The van der Waals surface area contributed by atoms with Crippen molar-refractivity contribution in [2.45, 2.75) is 6.54 Å². The van der Waals surface area contributed by atoms with Gasteiger partial charge in [0, 0.05) is 11.6 Å². The fourth-order valence-corrected chi connectivity index (χ4v) is 1.83. The minimum Gasteiger partial charge on any atom is -0.465 e. The molecule has 0 atom stereocenters. The lowest BCUT2D eigenvalue weighted by Gasteiger charge is -2.09. The van der Waals surface area contributed by atoms with E-state index in [0.29, 0.717) is 17.1 Å². The molecule has 3 nitrogen and oxygen atoms in total. The van der Waals surface area contributed by atoms with E-state index in [1.165, 1.54) is 25.3 Å². The molecule has 0 spiro atoms. The summed E-state index contributed by atoms with van der Waals surface area (Å²) in [6.45, 7) is 0.429. The van der Waals surface area contributed by atoms with Gasteiger partial charge >= 0.3 is 5.97 Å². The van der Waals surface area contributed by atoms with Gasteiger partial charge in [-0.1, -0.05) is 23.7 Å². The fraction of sp³-hybridized carbons (Fsp3) is 0.133. The molecule has 0 fully saturated rings. The second-order valence-electron chi connectivity index (χ2n) is 4.17. The molecule has 1 N–H and O–H groups in total. The molecule has 2 aromatic rings. The first kappa shape index (κ1) is 14.3. The standard InChI is InChI=1S/C15H13ClFNO2/c1-20-15(19)11-4-7-13(17)14(8-11)18-9-10-2-5-12(16)6-3-10/h2-8,18H,9H2,1H3. The van der Waals surface area contributed by atoms with Crippen LogP contribution >= 0.6 is 11.6 Å².